The van der Waals surface area contributed by atoms with E-state index in [1.165, 1.54) is 6.92 Å². The molecule has 1 aromatic rings. The van der Waals surface area contributed by atoms with E-state index in [0.29, 0.717) is 24.5 Å². The molecular formula is C15H19N3O2. The maximum absolute atomic E-state index is 12.1. The molecule has 20 heavy (non-hydrogen) atoms. The highest BCUT2D eigenvalue weighted by Gasteiger charge is 2.10. The van der Waals surface area contributed by atoms with Crippen LogP contribution in [0.15, 0.2) is 49.6 Å². The summed E-state index contributed by atoms with van der Waals surface area (Å²) in [5.41, 5.74) is 1.24. The Labute approximate surface area is 119 Å². The lowest BCUT2D eigenvalue weighted by Crippen LogP contribution is -2.35. The normalized spacial score (nSPS) is 9.45. The van der Waals surface area contributed by atoms with Gasteiger partial charge in [0.2, 0.25) is 5.91 Å². The summed E-state index contributed by atoms with van der Waals surface area (Å²) in [5.74, 6) is -0.159. The Hall–Kier alpha value is -2.56. The highest BCUT2D eigenvalue weighted by molar-refractivity contribution is 5.92. The molecule has 5 nitrogen and oxygen atoms in total. The zero-order chi connectivity index (χ0) is 15.0. The fourth-order valence-corrected chi connectivity index (χ4v) is 1.63. The summed E-state index contributed by atoms with van der Waals surface area (Å²) < 4.78 is 0. The number of anilines is 2. The number of rotatable bonds is 6. The SMILES string of the molecule is C=CCN(CC=C)C(=O)Nc1cccc(NC(C)=O)c1. The first kappa shape index (κ1) is 15.5. The molecule has 106 valence electrons. The first-order valence-electron chi connectivity index (χ1n) is 6.22. The molecule has 0 aliphatic rings. The summed E-state index contributed by atoms with van der Waals surface area (Å²) >= 11 is 0. The molecule has 5 heteroatoms. The molecule has 0 saturated carbocycles. The quantitative estimate of drug-likeness (QED) is 0.783. The molecule has 0 aliphatic heterocycles. The molecule has 1 rings (SSSR count). The van der Waals surface area contributed by atoms with Crippen molar-refractivity contribution in [3.05, 3.63) is 49.6 Å². The van der Waals surface area contributed by atoms with Gasteiger partial charge in [-0.15, -0.1) is 13.2 Å². The molecule has 0 heterocycles. The number of hydrogen-bond acceptors (Lipinski definition) is 2. The molecule has 0 aromatic heterocycles. The van der Waals surface area contributed by atoms with Crippen molar-refractivity contribution in [2.24, 2.45) is 0 Å². The number of nitrogens with zero attached hydrogens (tertiary/aromatic N) is 1. The van der Waals surface area contributed by atoms with E-state index in [1.807, 2.05) is 0 Å². The molecule has 0 atom stereocenters. The summed E-state index contributed by atoms with van der Waals surface area (Å²) in [4.78, 5) is 24.6. The van der Waals surface area contributed by atoms with Crippen molar-refractivity contribution in [1.82, 2.24) is 4.90 Å². The third-order valence-corrected chi connectivity index (χ3v) is 2.42. The molecular weight excluding hydrogens is 254 g/mol. The van der Waals surface area contributed by atoms with Crippen LogP contribution in [0.1, 0.15) is 6.92 Å². The van der Waals surface area contributed by atoms with Gasteiger partial charge < -0.3 is 15.5 Å². The second-order valence-electron chi connectivity index (χ2n) is 4.17. The zero-order valence-electron chi connectivity index (χ0n) is 11.6. The van der Waals surface area contributed by atoms with Crippen molar-refractivity contribution in [1.29, 1.82) is 0 Å². The third kappa shape index (κ3) is 4.97. The highest BCUT2D eigenvalue weighted by Crippen LogP contribution is 2.15. The fraction of sp³-hybridized carbons (Fsp3) is 0.200. The molecule has 2 N–H and O–H groups in total. The summed E-state index contributed by atoms with van der Waals surface area (Å²) in [6, 6.07) is 6.71. The first-order chi connectivity index (χ1) is 9.56. The van der Waals surface area contributed by atoms with Crippen molar-refractivity contribution in [2.75, 3.05) is 23.7 Å². The zero-order valence-corrected chi connectivity index (χ0v) is 11.6. The maximum atomic E-state index is 12.1. The van der Waals surface area contributed by atoms with Crippen LogP contribution in [0.5, 0.6) is 0 Å². The lowest BCUT2D eigenvalue weighted by atomic mass is 10.2. The van der Waals surface area contributed by atoms with Crippen molar-refractivity contribution >= 4 is 23.3 Å². The Balaban J connectivity index is 2.75. The van der Waals surface area contributed by atoms with Gasteiger partial charge in [-0.05, 0) is 18.2 Å². The van der Waals surface area contributed by atoms with E-state index >= 15 is 0 Å². The van der Waals surface area contributed by atoms with E-state index in [1.54, 1.807) is 41.3 Å². The largest absolute Gasteiger partial charge is 0.326 e. The number of carbonyl (C=O) groups is 2. The van der Waals surface area contributed by atoms with Gasteiger partial charge in [0.15, 0.2) is 0 Å². The summed E-state index contributed by atoms with van der Waals surface area (Å²) in [6.07, 6.45) is 3.30. The number of hydrogen-bond donors (Lipinski definition) is 2. The fourth-order valence-electron chi connectivity index (χ4n) is 1.63. The predicted octanol–water partition coefficient (Wildman–Crippen LogP) is 2.85. The van der Waals surface area contributed by atoms with Gasteiger partial charge in [-0.2, -0.15) is 0 Å². The van der Waals surface area contributed by atoms with E-state index < -0.39 is 0 Å². The number of urea groups is 1. The molecule has 0 aliphatic carbocycles. The summed E-state index contributed by atoms with van der Waals surface area (Å²) in [6.45, 7) is 9.53. The van der Waals surface area contributed by atoms with Gasteiger partial charge in [0.05, 0.1) is 0 Å². The van der Waals surface area contributed by atoms with Crippen LogP contribution in [0.2, 0.25) is 0 Å². The second-order valence-corrected chi connectivity index (χ2v) is 4.17. The van der Waals surface area contributed by atoms with Crippen LogP contribution < -0.4 is 10.6 Å². The minimum atomic E-state index is -0.246. The maximum Gasteiger partial charge on any atom is 0.322 e. The topological polar surface area (TPSA) is 61.4 Å². The minimum Gasteiger partial charge on any atom is -0.326 e. The Kier molecular flexibility index (Phi) is 6.03. The van der Waals surface area contributed by atoms with Gasteiger partial charge in [-0.25, -0.2) is 4.79 Å². The molecule has 0 spiro atoms. The van der Waals surface area contributed by atoms with Gasteiger partial charge in [0.1, 0.15) is 0 Å². The highest BCUT2D eigenvalue weighted by atomic mass is 16.2. The Bertz CT molecular complexity index is 502. The molecule has 0 saturated heterocycles. The number of nitrogens with one attached hydrogen (secondary N) is 2. The standard InChI is InChI=1S/C15H19N3O2/c1-4-9-18(10-5-2)15(20)17-14-8-6-7-13(11-14)16-12(3)19/h4-8,11H,1-2,9-10H2,3H3,(H,16,19)(H,17,20). The van der Waals surface area contributed by atoms with E-state index in [4.69, 9.17) is 0 Å². The summed E-state index contributed by atoms with van der Waals surface area (Å²) in [5, 5.41) is 5.43. The molecule has 1 aromatic carbocycles. The number of amides is 3. The Morgan fingerprint density at radius 2 is 1.70 bits per heavy atom. The van der Waals surface area contributed by atoms with Crippen LogP contribution in [-0.4, -0.2) is 29.9 Å². The van der Waals surface area contributed by atoms with Gasteiger partial charge in [0, 0.05) is 31.4 Å². The van der Waals surface area contributed by atoms with E-state index in [0.717, 1.165) is 0 Å². The Morgan fingerprint density at radius 3 is 2.20 bits per heavy atom. The minimum absolute atomic E-state index is 0.159. The number of carbonyl (C=O) groups excluding carboxylic acids is 2. The smallest absolute Gasteiger partial charge is 0.322 e. The first-order valence-corrected chi connectivity index (χ1v) is 6.22. The van der Waals surface area contributed by atoms with Crippen LogP contribution in [0, 0.1) is 0 Å². The average molecular weight is 273 g/mol. The van der Waals surface area contributed by atoms with Crippen LogP contribution >= 0.6 is 0 Å². The van der Waals surface area contributed by atoms with Crippen LogP contribution in [0.25, 0.3) is 0 Å². The van der Waals surface area contributed by atoms with Crippen LogP contribution in [-0.2, 0) is 4.79 Å². The lowest BCUT2D eigenvalue weighted by molar-refractivity contribution is -0.114. The van der Waals surface area contributed by atoms with Crippen molar-refractivity contribution in [2.45, 2.75) is 6.92 Å². The predicted molar refractivity (Wildman–Crippen MR) is 81.7 cm³/mol. The monoisotopic (exact) mass is 273 g/mol. The van der Waals surface area contributed by atoms with Gasteiger partial charge in [0.25, 0.3) is 0 Å². The molecule has 0 fully saturated rings. The van der Waals surface area contributed by atoms with E-state index in [9.17, 15) is 9.59 Å². The Morgan fingerprint density at radius 1 is 1.15 bits per heavy atom. The third-order valence-electron chi connectivity index (χ3n) is 2.42. The molecule has 0 radical (unpaired) electrons. The average Bonchev–Trinajstić information content (AvgIpc) is 2.38. The van der Waals surface area contributed by atoms with Crippen LogP contribution in [0.4, 0.5) is 16.2 Å². The van der Waals surface area contributed by atoms with Crippen molar-refractivity contribution in [3.63, 3.8) is 0 Å². The molecule has 0 bridgehead atoms. The van der Waals surface area contributed by atoms with E-state index in [2.05, 4.69) is 23.8 Å². The second kappa shape index (κ2) is 7.78. The molecule has 3 amide bonds. The van der Waals surface area contributed by atoms with Crippen molar-refractivity contribution < 1.29 is 9.59 Å². The van der Waals surface area contributed by atoms with Crippen LogP contribution in [0.3, 0.4) is 0 Å². The van der Waals surface area contributed by atoms with Gasteiger partial charge >= 0.3 is 6.03 Å². The van der Waals surface area contributed by atoms with Gasteiger partial charge in [-0.1, -0.05) is 18.2 Å². The molecule has 0 unspecified atom stereocenters. The van der Waals surface area contributed by atoms with Gasteiger partial charge in [-0.3, -0.25) is 4.79 Å². The van der Waals surface area contributed by atoms with E-state index in [-0.39, 0.29) is 11.9 Å². The lowest BCUT2D eigenvalue weighted by Gasteiger charge is -2.20. The number of benzene rings is 1. The summed E-state index contributed by atoms with van der Waals surface area (Å²) in [7, 11) is 0. The van der Waals surface area contributed by atoms with Crippen molar-refractivity contribution in [3.8, 4) is 0 Å².